The molecule has 1 aromatic carbocycles. The van der Waals surface area contributed by atoms with E-state index in [1.807, 2.05) is 13.1 Å². The molecule has 2 N–H and O–H groups in total. The van der Waals surface area contributed by atoms with Crippen LogP contribution in [0.5, 0.6) is 5.75 Å². The average molecular weight is 431 g/mol. The fourth-order valence-corrected chi connectivity index (χ4v) is 4.74. The van der Waals surface area contributed by atoms with E-state index < -0.39 is 0 Å². The molecule has 0 saturated carbocycles. The van der Waals surface area contributed by atoms with Gasteiger partial charge in [-0.05, 0) is 45.5 Å². The van der Waals surface area contributed by atoms with Gasteiger partial charge >= 0.3 is 0 Å². The number of hydrogen-bond donors (Lipinski definition) is 2. The number of hydrogen-bond acceptors (Lipinski definition) is 5. The van der Waals surface area contributed by atoms with Crippen LogP contribution in [0.4, 0.5) is 0 Å². The van der Waals surface area contributed by atoms with Crippen molar-refractivity contribution in [2.75, 3.05) is 73.1 Å². The predicted molar refractivity (Wildman–Crippen MR) is 129 cm³/mol. The molecule has 3 rings (SSSR count). The van der Waals surface area contributed by atoms with Gasteiger partial charge in [-0.15, -0.1) is 0 Å². The van der Waals surface area contributed by atoms with Crippen LogP contribution in [0.25, 0.3) is 0 Å². The fourth-order valence-electron chi connectivity index (χ4n) is 4.74. The van der Waals surface area contributed by atoms with Gasteiger partial charge in [-0.25, -0.2) is 0 Å². The van der Waals surface area contributed by atoms with E-state index in [9.17, 15) is 0 Å². The highest BCUT2D eigenvalue weighted by Gasteiger charge is 2.26. The Hall–Kier alpha value is -1.83. The van der Waals surface area contributed by atoms with Crippen molar-refractivity contribution in [3.05, 3.63) is 29.8 Å². The van der Waals surface area contributed by atoms with Gasteiger partial charge in [-0.1, -0.05) is 25.1 Å². The van der Waals surface area contributed by atoms with Crippen LogP contribution in [-0.4, -0.2) is 99.8 Å². The van der Waals surface area contributed by atoms with Gasteiger partial charge in [-0.3, -0.25) is 14.8 Å². The number of aliphatic imine (C=N–C) groups is 1. The smallest absolute Gasteiger partial charge is 0.191 e. The fraction of sp³-hybridized carbons (Fsp3) is 0.708. The van der Waals surface area contributed by atoms with Crippen molar-refractivity contribution < 1.29 is 4.74 Å². The average Bonchev–Trinajstić information content (AvgIpc) is 3.36. The lowest BCUT2D eigenvalue weighted by atomic mass is 10.0. The molecule has 2 fully saturated rings. The quantitative estimate of drug-likeness (QED) is 0.462. The Morgan fingerprint density at radius 1 is 1.00 bits per heavy atom. The van der Waals surface area contributed by atoms with Crippen LogP contribution in [0.15, 0.2) is 29.3 Å². The topological polar surface area (TPSA) is 55.4 Å². The molecular weight excluding hydrogens is 388 g/mol. The van der Waals surface area contributed by atoms with E-state index in [0.717, 1.165) is 57.5 Å². The minimum absolute atomic E-state index is 0.275. The first-order valence-electron chi connectivity index (χ1n) is 11.9. The van der Waals surface area contributed by atoms with Crippen molar-refractivity contribution in [2.45, 2.75) is 38.8 Å². The van der Waals surface area contributed by atoms with E-state index in [0.29, 0.717) is 6.04 Å². The number of nitrogens with zero attached hydrogens (tertiary/aromatic N) is 4. The summed E-state index contributed by atoms with van der Waals surface area (Å²) < 4.78 is 5.67. The van der Waals surface area contributed by atoms with Crippen molar-refractivity contribution in [2.24, 2.45) is 4.99 Å². The minimum atomic E-state index is 0.275. The molecule has 7 nitrogen and oxygen atoms in total. The first-order chi connectivity index (χ1) is 15.2. The molecule has 0 amide bonds. The maximum absolute atomic E-state index is 5.67. The van der Waals surface area contributed by atoms with E-state index in [4.69, 9.17) is 4.74 Å². The third-order valence-electron chi connectivity index (χ3n) is 6.81. The molecule has 2 saturated heterocycles. The second-order valence-electron chi connectivity index (χ2n) is 8.65. The summed E-state index contributed by atoms with van der Waals surface area (Å²) in [4.78, 5) is 12.1. The Morgan fingerprint density at radius 2 is 1.68 bits per heavy atom. The van der Waals surface area contributed by atoms with Gasteiger partial charge in [0.05, 0.1) is 13.2 Å². The molecule has 1 aromatic rings. The van der Waals surface area contributed by atoms with Crippen LogP contribution in [0, 0.1) is 0 Å². The first-order valence-corrected chi connectivity index (χ1v) is 11.9. The van der Waals surface area contributed by atoms with Crippen molar-refractivity contribution in [3.8, 4) is 5.75 Å². The first kappa shape index (κ1) is 23.8. The standard InChI is InChI=1S/C24H42N6O/c1-5-28-14-16-29(17-15-28)20(2)18-26-24(25-3)27-19-22(30-12-8-9-13-30)21-10-6-7-11-23(21)31-4/h6-7,10-11,20,22H,5,8-9,12-19H2,1-4H3,(H2,25,26,27). The Balaban J connectivity index is 1.54. The number of rotatable bonds is 9. The molecule has 2 unspecified atom stereocenters. The highest BCUT2D eigenvalue weighted by molar-refractivity contribution is 5.79. The highest BCUT2D eigenvalue weighted by atomic mass is 16.5. The Morgan fingerprint density at radius 3 is 2.32 bits per heavy atom. The molecule has 0 aliphatic carbocycles. The Kier molecular flexibility index (Phi) is 9.43. The number of likely N-dealkylation sites (N-methyl/N-ethyl adjacent to an activating group) is 1. The maximum atomic E-state index is 5.67. The second kappa shape index (κ2) is 12.3. The lowest BCUT2D eigenvalue weighted by Gasteiger charge is -2.37. The molecule has 2 heterocycles. The van der Waals surface area contributed by atoms with Gasteiger partial charge in [0, 0.05) is 57.9 Å². The van der Waals surface area contributed by atoms with Crippen molar-refractivity contribution >= 4 is 5.96 Å². The summed E-state index contributed by atoms with van der Waals surface area (Å²) in [6.45, 7) is 14.3. The van der Waals surface area contributed by atoms with Crippen LogP contribution in [0.3, 0.4) is 0 Å². The van der Waals surface area contributed by atoms with Crippen LogP contribution >= 0.6 is 0 Å². The molecule has 2 aliphatic heterocycles. The van der Waals surface area contributed by atoms with Crippen molar-refractivity contribution in [1.29, 1.82) is 0 Å². The van der Waals surface area contributed by atoms with E-state index >= 15 is 0 Å². The lowest BCUT2D eigenvalue weighted by Crippen LogP contribution is -2.53. The van der Waals surface area contributed by atoms with Crippen molar-refractivity contribution in [3.63, 3.8) is 0 Å². The minimum Gasteiger partial charge on any atom is -0.496 e. The summed E-state index contributed by atoms with van der Waals surface area (Å²) in [5.41, 5.74) is 1.25. The summed E-state index contributed by atoms with van der Waals surface area (Å²) >= 11 is 0. The Labute approximate surface area is 188 Å². The SMILES string of the molecule is CCN1CCN(C(C)CNC(=NC)NCC(c2ccccc2OC)N2CCCC2)CC1. The summed E-state index contributed by atoms with van der Waals surface area (Å²) in [6.07, 6.45) is 2.53. The molecule has 0 spiro atoms. The van der Waals surface area contributed by atoms with E-state index in [2.05, 4.69) is 62.4 Å². The second-order valence-corrected chi connectivity index (χ2v) is 8.65. The Bertz CT molecular complexity index is 682. The molecular formula is C24H42N6O. The molecule has 7 heteroatoms. The zero-order chi connectivity index (χ0) is 22.1. The number of methoxy groups -OCH3 is 1. The molecule has 174 valence electrons. The van der Waals surface area contributed by atoms with Crippen LogP contribution in [0.1, 0.15) is 38.3 Å². The number of nitrogens with one attached hydrogen (secondary N) is 2. The molecule has 31 heavy (non-hydrogen) atoms. The molecule has 0 radical (unpaired) electrons. The van der Waals surface area contributed by atoms with Gasteiger partial charge in [-0.2, -0.15) is 0 Å². The van der Waals surface area contributed by atoms with Gasteiger partial charge in [0.15, 0.2) is 5.96 Å². The van der Waals surface area contributed by atoms with Gasteiger partial charge in [0.25, 0.3) is 0 Å². The molecule has 0 bridgehead atoms. The molecule has 0 aromatic heterocycles. The third-order valence-corrected chi connectivity index (χ3v) is 6.81. The summed E-state index contributed by atoms with van der Waals surface area (Å²) in [5.74, 6) is 1.84. The number of likely N-dealkylation sites (tertiary alicyclic amines) is 1. The largest absolute Gasteiger partial charge is 0.496 e. The number of piperazine rings is 1. The summed E-state index contributed by atoms with van der Waals surface area (Å²) in [6, 6.07) is 9.16. The zero-order valence-electron chi connectivity index (χ0n) is 19.9. The van der Waals surface area contributed by atoms with Crippen LogP contribution in [0.2, 0.25) is 0 Å². The lowest BCUT2D eigenvalue weighted by molar-refractivity contribution is 0.107. The van der Waals surface area contributed by atoms with Crippen LogP contribution < -0.4 is 15.4 Å². The van der Waals surface area contributed by atoms with Gasteiger partial charge in [0.2, 0.25) is 0 Å². The number of ether oxygens (including phenoxy) is 1. The number of guanidine groups is 1. The molecule has 2 aliphatic rings. The highest BCUT2D eigenvalue weighted by Crippen LogP contribution is 2.31. The van der Waals surface area contributed by atoms with E-state index in [1.165, 1.54) is 31.5 Å². The number of benzene rings is 1. The third kappa shape index (κ3) is 6.57. The zero-order valence-corrected chi connectivity index (χ0v) is 19.9. The predicted octanol–water partition coefficient (Wildman–Crippen LogP) is 2.02. The van der Waals surface area contributed by atoms with Gasteiger partial charge < -0.3 is 20.3 Å². The summed E-state index contributed by atoms with van der Waals surface area (Å²) in [5, 5.41) is 7.14. The van der Waals surface area contributed by atoms with Gasteiger partial charge in [0.1, 0.15) is 5.75 Å². The maximum Gasteiger partial charge on any atom is 0.191 e. The van der Waals surface area contributed by atoms with Crippen LogP contribution in [-0.2, 0) is 0 Å². The van der Waals surface area contributed by atoms with Crippen molar-refractivity contribution in [1.82, 2.24) is 25.3 Å². The normalized spacial score (nSPS) is 21.1. The number of para-hydroxylation sites is 1. The van der Waals surface area contributed by atoms with E-state index in [-0.39, 0.29) is 6.04 Å². The molecule has 2 atom stereocenters. The monoisotopic (exact) mass is 430 g/mol. The summed E-state index contributed by atoms with van der Waals surface area (Å²) in [7, 11) is 3.61. The van der Waals surface area contributed by atoms with E-state index in [1.54, 1.807) is 7.11 Å².